The van der Waals surface area contributed by atoms with E-state index in [1.54, 1.807) is 18.2 Å². The molecule has 0 fully saturated rings. The van der Waals surface area contributed by atoms with Gasteiger partial charge >= 0.3 is 0 Å². The fourth-order valence-electron chi connectivity index (χ4n) is 2.92. The molecule has 29 heavy (non-hydrogen) atoms. The molecule has 3 aromatic carbocycles. The SMILES string of the molecule is O=C(c1cccc(O)c1)c1ccc(-c2cccc(OCc3ccccc3Cl)c2)s1. The highest BCUT2D eigenvalue weighted by Crippen LogP contribution is 2.32. The maximum absolute atomic E-state index is 12.7. The molecule has 1 heterocycles. The predicted molar refractivity (Wildman–Crippen MR) is 117 cm³/mol. The van der Waals surface area contributed by atoms with Gasteiger partial charge in [-0.05, 0) is 48.0 Å². The van der Waals surface area contributed by atoms with Crippen molar-refractivity contribution in [1.82, 2.24) is 0 Å². The molecule has 0 saturated heterocycles. The van der Waals surface area contributed by atoms with Gasteiger partial charge in [-0.2, -0.15) is 0 Å². The summed E-state index contributed by atoms with van der Waals surface area (Å²) in [6.07, 6.45) is 0. The Kier molecular flexibility index (Phi) is 5.65. The summed E-state index contributed by atoms with van der Waals surface area (Å²) in [5.74, 6) is 0.705. The Hall–Kier alpha value is -3.08. The van der Waals surface area contributed by atoms with E-state index >= 15 is 0 Å². The molecule has 0 aliphatic rings. The fourth-order valence-corrected chi connectivity index (χ4v) is 4.07. The summed E-state index contributed by atoms with van der Waals surface area (Å²) in [7, 11) is 0. The molecular formula is C24H17ClO3S. The average molecular weight is 421 g/mol. The van der Waals surface area contributed by atoms with E-state index < -0.39 is 0 Å². The first-order valence-electron chi connectivity index (χ1n) is 9.00. The van der Waals surface area contributed by atoms with Gasteiger partial charge in [0.05, 0.1) is 4.88 Å². The van der Waals surface area contributed by atoms with Gasteiger partial charge in [-0.15, -0.1) is 11.3 Å². The van der Waals surface area contributed by atoms with Crippen LogP contribution in [0, 0.1) is 0 Å². The first kappa shape index (κ1) is 19.2. The average Bonchev–Trinajstić information content (AvgIpc) is 3.23. The summed E-state index contributed by atoms with van der Waals surface area (Å²) >= 11 is 7.60. The Balaban J connectivity index is 1.52. The number of phenols is 1. The Bertz CT molecular complexity index is 1170. The third kappa shape index (κ3) is 4.50. The number of carbonyl (C=O) groups excluding carboxylic acids is 1. The molecule has 0 amide bonds. The van der Waals surface area contributed by atoms with E-state index in [1.165, 1.54) is 17.4 Å². The zero-order valence-electron chi connectivity index (χ0n) is 15.3. The highest BCUT2D eigenvalue weighted by atomic mass is 35.5. The lowest BCUT2D eigenvalue weighted by Crippen LogP contribution is -1.97. The Morgan fingerprint density at radius 1 is 0.931 bits per heavy atom. The Morgan fingerprint density at radius 3 is 2.59 bits per heavy atom. The van der Waals surface area contributed by atoms with E-state index in [4.69, 9.17) is 16.3 Å². The van der Waals surface area contributed by atoms with Crippen LogP contribution in [0.3, 0.4) is 0 Å². The molecule has 5 heteroatoms. The van der Waals surface area contributed by atoms with Crippen molar-refractivity contribution in [2.24, 2.45) is 0 Å². The predicted octanol–water partition coefficient (Wildman–Crippen LogP) is 6.58. The second kappa shape index (κ2) is 8.52. The molecule has 0 bridgehead atoms. The van der Waals surface area contributed by atoms with Crippen LogP contribution >= 0.6 is 22.9 Å². The van der Waals surface area contributed by atoms with Gasteiger partial charge in [-0.3, -0.25) is 4.79 Å². The van der Waals surface area contributed by atoms with E-state index in [0.717, 1.165) is 21.8 Å². The van der Waals surface area contributed by atoms with E-state index in [9.17, 15) is 9.90 Å². The number of phenolic OH excluding ortho intramolecular Hbond substituents is 1. The largest absolute Gasteiger partial charge is 0.508 e. The summed E-state index contributed by atoms with van der Waals surface area (Å²) in [5, 5.41) is 10.3. The minimum Gasteiger partial charge on any atom is -0.508 e. The lowest BCUT2D eigenvalue weighted by molar-refractivity contribution is 0.104. The summed E-state index contributed by atoms with van der Waals surface area (Å²) < 4.78 is 5.90. The van der Waals surface area contributed by atoms with Gasteiger partial charge in [0, 0.05) is 21.0 Å². The topological polar surface area (TPSA) is 46.5 Å². The molecule has 0 unspecified atom stereocenters. The van der Waals surface area contributed by atoms with Gasteiger partial charge in [0.1, 0.15) is 18.1 Å². The van der Waals surface area contributed by atoms with Crippen LogP contribution in [0.1, 0.15) is 20.8 Å². The summed E-state index contributed by atoms with van der Waals surface area (Å²) in [4.78, 5) is 14.3. The number of hydrogen-bond donors (Lipinski definition) is 1. The minimum absolute atomic E-state index is 0.0796. The van der Waals surface area contributed by atoms with Crippen molar-refractivity contribution in [3.8, 4) is 21.9 Å². The van der Waals surface area contributed by atoms with E-state index in [0.29, 0.717) is 22.1 Å². The molecular weight excluding hydrogens is 404 g/mol. The molecule has 4 aromatic rings. The number of thiophene rings is 1. The fraction of sp³-hybridized carbons (Fsp3) is 0.0417. The minimum atomic E-state index is -0.108. The second-order valence-corrected chi connectivity index (χ2v) is 7.94. The third-order valence-electron chi connectivity index (χ3n) is 4.41. The van der Waals surface area contributed by atoms with Crippen molar-refractivity contribution >= 4 is 28.7 Å². The van der Waals surface area contributed by atoms with E-state index in [1.807, 2.05) is 60.7 Å². The first-order chi connectivity index (χ1) is 14.1. The number of hydrogen-bond acceptors (Lipinski definition) is 4. The quantitative estimate of drug-likeness (QED) is 0.358. The first-order valence-corrected chi connectivity index (χ1v) is 10.2. The highest BCUT2D eigenvalue weighted by Gasteiger charge is 2.13. The second-order valence-electron chi connectivity index (χ2n) is 6.45. The Labute approximate surface area is 177 Å². The number of rotatable bonds is 6. The van der Waals surface area contributed by atoms with Crippen LogP contribution in [0.5, 0.6) is 11.5 Å². The summed E-state index contributed by atoms with van der Waals surface area (Å²) in [6, 6.07) is 25.5. The number of benzene rings is 3. The van der Waals surface area contributed by atoms with Gasteiger partial charge in [0.25, 0.3) is 0 Å². The van der Waals surface area contributed by atoms with Gasteiger partial charge in [0.2, 0.25) is 5.78 Å². The smallest absolute Gasteiger partial charge is 0.203 e. The monoisotopic (exact) mass is 420 g/mol. The molecule has 144 valence electrons. The lowest BCUT2D eigenvalue weighted by Gasteiger charge is -2.09. The maximum Gasteiger partial charge on any atom is 0.203 e. The van der Waals surface area contributed by atoms with Crippen molar-refractivity contribution in [2.75, 3.05) is 0 Å². The van der Waals surface area contributed by atoms with Crippen LogP contribution in [0.25, 0.3) is 10.4 Å². The van der Waals surface area contributed by atoms with Crippen molar-refractivity contribution < 1.29 is 14.6 Å². The van der Waals surface area contributed by atoms with Gasteiger partial charge < -0.3 is 9.84 Å². The molecule has 0 radical (unpaired) electrons. The molecule has 1 N–H and O–H groups in total. The molecule has 0 aliphatic carbocycles. The molecule has 0 saturated carbocycles. The zero-order valence-corrected chi connectivity index (χ0v) is 16.9. The van der Waals surface area contributed by atoms with Gasteiger partial charge in [-0.25, -0.2) is 0 Å². The maximum atomic E-state index is 12.7. The van der Waals surface area contributed by atoms with Crippen molar-refractivity contribution in [3.05, 3.63) is 106 Å². The molecule has 1 aromatic heterocycles. The van der Waals surface area contributed by atoms with Crippen LogP contribution in [0.4, 0.5) is 0 Å². The van der Waals surface area contributed by atoms with Gasteiger partial charge in [-0.1, -0.05) is 54.1 Å². The highest BCUT2D eigenvalue weighted by molar-refractivity contribution is 7.17. The lowest BCUT2D eigenvalue weighted by atomic mass is 10.1. The Morgan fingerprint density at radius 2 is 1.76 bits per heavy atom. The van der Waals surface area contributed by atoms with Crippen molar-refractivity contribution in [2.45, 2.75) is 6.61 Å². The van der Waals surface area contributed by atoms with E-state index in [-0.39, 0.29) is 11.5 Å². The molecule has 4 rings (SSSR count). The van der Waals surface area contributed by atoms with Crippen LogP contribution in [-0.2, 0) is 6.61 Å². The summed E-state index contributed by atoms with van der Waals surface area (Å²) in [5.41, 5.74) is 2.37. The van der Waals surface area contributed by atoms with Crippen molar-refractivity contribution in [3.63, 3.8) is 0 Å². The van der Waals surface area contributed by atoms with Crippen LogP contribution < -0.4 is 4.74 Å². The normalized spacial score (nSPS) is 10.7. The zero-order chi connectivity index (χ0) is 20.2. The molecule has 0 aliphatic heterocycles. The number of ketones is 1. The third-order valence-corrected chi connectivity index (χ3v) is 5.91. The van der Waals surface area contributed by atoms with Crippen molar-refractivity contribution in [1.29, 1.82) is 0 Å². The molecule has 0 atom stereocenters. The number of aromatic hydroxyl groups is 1. The number of carbonyl (C=O) groups is 1. The number of halogens is 1. The van der Waals surface area contributed by atoms with Crippen LogP contribution in [0.2, 0.25) is 5.02 Å². The summed E-state index contributed by atoms with van der Waals surface area (Å²) in [6.45, 7) is 0.384. The number of ether oxygens (including phenoxy) is 1. The molecule has 3 nitrogen and oxygen atoms in total. The van der Waals surface area contributed by atoms with Crippen LogP contribution in [-0.4, -0.2) is 10.9 Å². The standard InChI is InChI=1S/C24H17ClO3S/c25-21-10-2-1-5-18(21)15-28-20-9-4-6-16(14-20)22-11-12-23(29-22)24(27)17-7-3-8-19(26)13-17/h1-14,26H,15H2. The van der Waals surface area contributed by atoms with E-state index in [2.05, 4.69) is 0 Å². The van der Waals surface area contributed by atoms with Gasteiger partial charge in [0.15, 0.2) is 0 Å². The molecule has 0 spiro atoms. The van der Waals surface area contributed by atoms with Crippen LogP contribution in [0.15, 0.2) is 84.9 Å².